The standard InChI is InChI=1S/C43H27N/c1-4-32-17-18-34-19-22-39(40-23-20-33(5-1)42(32)43(34)40)31-15-13-29(14-16-31)36-7-2-6-35(26-36)28-9-11-30(12-10-28)37-21-24-41-38(27-37)8-3-25-44-41/h1-27H. The molecule has 44 heavy (non-hydrogen) atoms. The molecule has 0 aliphatic heterocycles. The third kappa shape index (κ3) is 4.06. The van der Waals surface area contributed by atoms with Crippen LogP contribution in [0.15, 0.2) is 164 Å². The normalized spacial score (nSPS) is 11.6. The van der Waals surface area contributed by atoms with Crippen molar-refractivity contribution in [1.29, 1.82) is 0 Å². The van der Waals surface area contributed by atoms with E-state index in [0.717, 1.165) is 10.9 Å². The van der Waals surface area contributed by atoms with Gasteiger partial charge in [0.05, 0.1) is 5.52 Å². The monoisotopic (exact) mass is 557 g/mol. The molecule has 0 fully saturated rings. The van der Waals surface area contributed by atoms with E-state index in [4.69, 9.17) is 0 Å². The summed E-state index contributed by atoms with van der Waals surface area (Å²) in [7, 11) is 0. The van der Waals surface area contributed by atoms with Crippen molar-refractivity contribution < 1.29 is 0 Å². The summed E-state index contributed by atoms with van der Waals surface area (Å²) in [6, 6.07) is 57.5. The van der Waals surface area contributed by atoms with Gasteiger partial charge < -0.3 is 0 Å². The third-order valence-electron chi connectivity index (χ3n) is 9.08. The second kappa shape index (κ2) is 9.90. The number of benzene rings is 8. The van der Waals surface area contributed by atoms with Crippen molar-refractivity contribution in [2.24, 2.45) is 0 Å². The number of hydrogen-bond donors (Lipinski definition) is 0. The number of pyridine rings is 1. The molecule has 0 aliphatic rings. The summed E-state index contributed by atoms with van der Waals surface area (Å²) in [5.74, 6) is 0. The molecular weight excluding hydrogens is 530 g/mol. The fourth-order valence-corrected chi connectivity index (χ4v) is 6.82. The van der Waals surface area contributed by atoms with Crippen LogP contribution in [0.25, 0.3) is 87.7 Å². The molecule has 8 aromatic carbocycles. The van der Waals surface area contributed by atoms with E-state index >= 15 is 0 Å². The number of rotatable bonds is 4. The van der Waals surface area contributed by atoms with E-state index in [1.807, 2.05) is 12.3 Å². The third-order valence-corrected chi connectivity index (χ3v) is 9.08. The molecule has 0 unspecified atom stereocenters. The maximum absolute atomic E-state index is 4.45. The van der Waals surface area contributed by atoms with E-state index < -0.39 is 0 Å². The second-order valence-electron chi connectivity index (χ2n) is 11.6. The lowest BCUT2D eigenvalue weighted by atomic mass is 9.89. The summed E-state index contributed by atoms with van der Waals surface area (Å²) in [6.07, 6.45) is 1.84. The SMILES string of the molecule is c1cc(-c2ccc(-c3ccc4ncccc4c3)cc2)cc(-c2ccc(-c3ccc4ccc5cccc6ccc3c4c56)cc2)c1. The van der Waals surface area contributed by atoms with Crippen molar-refractivity contribution in [2.45, 2.75) is 0 Å². The molecule has 0 N–H and O–H groups in total. The van der Waals surface area contributed by atoms with Crippen LogP contribution in [-0.4, -0.2) is 4.98 Å². The molecule has 204 valence electrons. The summed E-state index contributed by atoms with van der Waals surface area (Å²) >= 11 is 0. The minimum Gasteiger partial charge on any atom is -0.256 e. The van der Waals surface area contributed by atoms with E-state index in [1.165, 1.54) is 76.8 Å². The Morgan fingerprint density at radius 2 is 0.841 bits per heavy atom. The molecule has 1 nitrogen and oxygen atoms in total. The van der Waals surface area contributed by atoms with E-state index in [9.17, 15) is 0 Å². The molecule has 1 aromatic heterocycles. The van der Waals surface area contributed by atoms with Gasteiger partial charge in [-0.3, -0.25) is 4.98 Å². The van der Waals surface area contributed by atoms with Gasteiger partial charge in [0.1, 0.15) is 0 Å². The zero-order chi connectivity index (χ0) is 29.0. The number of fused-ring (bicyclic) bond motifs is 1. The predicted octanol–water partition coefficient (Wildman–Crippen LogP) is 11.8. The summed E-state index contributed by atoms with van der Waals surface area (Å²) < 4.78 is 0. The van der Waals surface area contributed by atoms with Crippen molar-refractivity contribution in [3.63, 3.8) is 0 Å². The van der Waals surface area contributed by atoms with Gasteiger partial charge in [-0.1, -0.05) is 133 Å². The smallest absolute Gasteiger partial charge is 0.0702 e. The van der Waals surface area contributed by atoms with Gasteiger partial charge >= 0.3 is 0 Å². The van der Waals surface area contributed by atoms with Crippen LogP contribution >= 0.6 is 0 Å². The number of nitrogens with zero attached hydrogens (tertiary/aromatic N) is 1. The molecule has 0 saturated carbocycles. The fourth-order valence-electron chi connectivity index (χ4n) is 6.82. The second-order valence-corrected chi connectivity index (χ2v) is 11.6. The number of aromatic nitrogens is 1. The summed E-state index contributed by atoms with van der Waals surface area (Å²) in [5, 5.41) is 9.09. The Bertz CT molecular complexity index is 2450. The quantitative estimate of drug-likeness (QED) is 0.196. The van der Waals surface area contributed by atoms with E-state index in [1.54, 1.807) is 0 Å². The predicted molar refractivity (Wildman–Crippen MR) is 187 cm³/mol. The zero-order valence-corrected chi connectivity index (χ0v) is 24.0. The average molecular weight is 558 g/mol. The van der Waals surface area contributed by atoms with Crippen LogP contribution in [0.1, 0.15) is 0 Å². The highest BCUT2D eigenvalue weighted by atomic mass is 14.6. The van der Waals surface area contributed by atoms with Crippen molar-refractivity contribution in [3.8, 4) is 44.5 Å². The Kier molecular flexibility index (Phi) is 5.57. The average Bonchev–Trinajstić information content (AvgIpc) is 3.10. The number of hydrogen-bond acceptors (Lipinski definition) is 1. The van der Waals surface area contributed by atoms with Crippen LogP contribution in [0.4, 0.5) is 0 Å². The molecular formula is C43H27N. The van der Waals surface area contributed by atoms with Gasteiger partial charge in [-0.2, -0.15) is 0 Å². The molecule has 1 heteroatoms. The molecule has 9 aromatic rings. The first-order valence-corrected chi connectivity index (χ1v) is 15.1. The molecule has 0 bridgehead atoms. The maximum Gasteiger partial charge on any atom is 0.0702 e. The van der Waals surface area contributed by atoms with Gasteiger partial charge in [-0.25, -0.2) is 0 Å². The van der Waals surface area contributed by atoms with Crippen LogP contribution in [-0.2, 0) is 0 Å². The van der Waals surface area contributed by atoms with Gasteiger partial charge in [0.15, 0.2) is 0 Å². The highest BCUT2D eigenvalue weighted by Crippen LogP contribution is 2.39. The van der Waals surface area contributed by atoms with Crippen LogP contribution in [0.2, 0.25) is 0 Å². The Morgan fingerprint density at radius 3 is 1.55 bits per heavy atom. The summed E-state index contributed by atoms with van der Waals surface area (Å²) in [5.41, 5.74) is 10.8. The minimum atomic E-state index is 1.02. The molecule has 0 saturated heterocycles. The fraction of sp³-hybridized carbons (Fsp3) is 0. The van der Waals surface area contributed by atoms with Gasteiger partial charge in [-0.15, -0.1) is 0 Å². The summed E-state index contributed by atoms with van der Waals surface area (Å²) in [6.45, 7) is 0. The van der Waals surface area contributed by atoms with Crippen LogP contribution in [0, 0.1) is 0 Å². The summed E-state index contributed by atoms with van der Waals surface area (Å²) in [4.78, 5) is 4.45. The van der Waals surface area contributed by atoms with E-state index in [-0.39, 0.29) is 0 Å². The van der Waals surface area contributed by atoms with Crippen LogP contribution in [0.5, 0.6) is 0 Å². The Morgan fingerprint density at radius 1 is 0.318 bits per heavy atom. The highest BCUT2D eigenvalue weighted by molar-refractivity contribution is 6.25. The zero-order valence-electron chi connectivity index (χ0n) is 24.0. The topological polar surface area (TPSA) is 12.9 Å². The van der Waals surface area contributed by atoms with E-state index in [2.05, 4.69) is 157 Å². The minimum absolute atomic E-state index is 1.02. The largest absolute Gasteiger partial charge is 0.256 e. The lowest BCUT2D eigenvalue weighted by Crippen LogP contribution is -1.87. The van der Waals surface area contributed by atoms with Crippen molar-refractivity contribution in [2.75, 3.05) is 0 Å². The lowest BCUT2D eigenvalue weighted by molar-refractivity contribution is 1.41. The molecule has 0 spiro atoms. The Balaban J connectivity index is 1.03. The Hall–Kier alpha value is -5.79. The van der Waals surface area contributed by atoms with Crippen molar-refractivity contribution >= 4 is 43.2 Å². The lowest BCUT2D eigenvalue weighted by Gasteiger charge is -2.14. The Labute approximate surface area is 256 Å². The van der Waals surface area contributed by atoms with E-state index in [0.29, 0.717) is 0 Å². The first kappa shape index (κ1) is 24.8. The van der Waals surface area contributed by atoms with Gasteiger partial charge in [0, 0.05) is 11.6 Å². The van der Waals surface area contributed by atoms with Gasteiger partial charge in [0.25, 0.3) is 0 Å². The first-order valence-electron chi connectivity index (χ1n) is 15.1. The molecule has 0 radical (unpaired) electrons. The van der Waals surface area contributed by atoms with Crippen LogP contribution in [0.3, 0.4) is 0 Å². The molecule has 9 rings (SSSR count). The molecule has 0 aliphatic carbocycles. The van der Waals surface area contributed by atoms with Gasteiger partial charge in [-0.05, 0) is 101 Å². The van der Waals surface area contributed by atoms with Crippen molar-refractivity contribution in [1.82, 2.24) is 4.98 Å². The molecule has 0 atom stereocenters. The molecule has 1 heterocycles. The highest BCUT2D eigenvalue weighted by Gasteiger charge is 2.12. The maximum atomic E-state index is 4.45. The van der Waals surface area contributed by atoms with Gasteiger partial charge in [0.2, 0.25) is 0 Å². The van der Waals surface area contributed by atoms with Crippen molar-refractivity contribution in [3.05, 3.63) is 164 Å². The molecule has 0 amide bonds. The van der Waals surface area contributed by atoms with Crippen LogP contribution < -0.4 is 0 Å². The first-order chi connectivity index (χ1) is 21.8.